The molecule has 0 aliphatic heterocycles. The standard InChI is InChI=1S/C17H12Cl2N2O3S/c1-25-13-4-2-10-6-11(17(19)20-15(10)8-13)9-24-16-5-3-12(21(22)23)7-14(16)18/h2-8H,9H2,1H3. The highest BCUT2D eigenvalue weighted by atomic mass is 35.5. The van der Waals surface area contributed by atoms with E-state index in [4.69, 9.17) is 27.9 Å². The molecule has 0 atom stereocenters. The maximum absolute atomic E-state index is 10.7. The van der Waals surface area contributed by atoms with Crippen molar-refractivity contribution >= 4 is 51.6 Å². The quantitative estimate of drug-likeness (QED) is 0.238. The van der Waals surface area contributed by atoms with Crippen LogP contribution in [0.3, 0.4) is 0 Å². The molecular formula is C17H12Cl2N2O3S. The minimum atomic E-state index is -0.511. The van der Waals surface area contributed by atoms with E-state index >= 15 is 0 Å². The summed E-state index contributed by atoms with van der Waals surface area (Å²) < 4.78 is 5.65. The van der Waals surface area contributed by atoms with E-state index in [0.717, 1.165) is 15.8 Å². The Balaban J connectivity index is 1.83. The second-order valence-corrected chi connectivity index (χ2v) is 6.80. The lowest BCUT2D eigenvalue weighted by atomic mass is 10.1. The van der Waals surface area contributed by atoms with Crippen molar-refractivity contribution in [2.45, 2.75) is 11.5 Å². The summed E-state index contributed by atoms with van der Waals surface area (Å²) in [6.07, 6.45) is 2.00. The molecule has 0 saturated carbocycles. The zero-order valence-corrected chi connectivity index (χ0v) is 15.4. The van der Waals surface area contributed by atoms with Crippen LogP contribution in [-0.2, 0) is 6.61 Å². The summed E-state index contributed by atoms with van der Waals surface area (Å²) in [6, 6.07) is 11.9. The average Bonchev–Trinajstić information content (AvgIpc) is 2.60. The fraction of sp³-hybridized carbons (Fsp3) is 0.118. The Kier molecular flexibility index (Phi) is 5.32. The molecule has 25 heavy (non-hydrogen) atoms. The molecule has 0 bridgehead atoms. The Hall–Kier alpha value is -2.02. The lowest BCUT2D eigenvalue weighted by Crippen LogP contribution is -1.99. The topological polar surface area (TPSA) is 65.3 Å². The molecule has 2 aromatic carbocycles. The van der Waals surface area contributed by atoms with E-state index in [1.165, 1.54) is 18.2 Å². The van der Waals surface area contributed by atoms with Gasteiger partial charge >= 0.3 is 0 Å². The number of non-ortho nitro benzene ring substituents is 1. The number of hydrogen-bond acceptors (Lipinski definition) is 5. The molecule has 0 aliphatic rings. The molecule has 128 valence electrons. The van der Waals surface area contributed by atoms with Crippen molar-refractivity contribution in [1.29, 1.82) is 0 Å². The summed E-state index contributed by atoms with van der Waals surface area (Å²) in [7, 11) is 0. The van der Waals surface area contributed by atoms with Gasteiger partial charge in [-0.3, -0.25) is 10.1 Å². The molecule has 1 aromatic heterocycles. The highest BCUT2D eigenvalue weighted by molar-refractivity contribution is 7.98. The summed E-state index contributed by atoms with van der Waals surface area (Å²) in [5.41, 5.74) is 1.43. The summed E-state index contributed by atoms with van der Waals surface area (Å²) in [6.45, 7) is 0.156. The smallest absolute Gasteiger partial charge is 0.271 e. The van der Waals surface area contributed by atoms with Crippen molar-refractivity contribution in [1.82, 2.24) is 4.98 Å². The number of nitro benzene ring substituents is 1. The van der Waals surface area contributed by atoms with Crippen LogP contribution in [0, 0.1) is 10.1 Å². The molecular weight excluding hydrogens is 383 g/mol. The van der Waals surface area contributed by atoms with Crippen molar-refractivity contribution in [3.05, 3.63) is 68.3 Å². The highest BCUT2D eigenvalue weighted by Crippen LogP contribution is 2.30. The zero-order chi connectivity index (χ0) is 18.0. The minimum absolute atomic E-state index is 0.0904. The first-order valence-electron chi connectivity index (χ1n) is 7.18. The van der Waals surface area contributed by atoms with Crippen molar-refractivity contribution in [2.75, 3.05) is 6.26 Å². The Labute approximate surface area is 158 Å². The predicted molar refractivity (Wildman–Crippen MR) is 101 cm³/mol. The molecule has 1 heterocycles. The first kappa shape index (κ1) is 17.8. The van der Waals surface area contributed by atoms with E-state index < -0.39 is 4.92 Å². The first-order chi connectivity index (χ1) is 12.0. The maximum atomic E-state index is 10.7. The van der Waals surface area contributed by atoms with Crippen LogP contribution in [0.25, 0.3) is 10.9 Å². The number of hydrogen-bond donors (Lipinski definition) is 0. The molecule has 0 aliphatic carbocycles. The van der Waals surface area contributed by atoms with Gasteiger partial charge in [-0.15, -0.1) is 11.8 Å². The van der Waals surface area contributed by atoms with E-state index in [9.17, 15) is 10.1 Å². The van der Waals surface area contributed by atoms with Crippen LogP contribution in [0.1, 0.15) is 5.56 Å². The molecule has 0 saturated heterocycles. The minimum Gasteiger partial charge on any atom is -0.487 e. The molecule has 8 heteroatoms. The monoisotopic (exact) mass is 394 g/mol. The third-order valence-corrected chi connectivity index (χ3v) is 4.91. The number of pyridine rings is 1. The fourth-order valence-corrected chi connectivity index (χ4v) is 3.13. The number of aromatic nitrogens is 1. The van der Waals surface area contributed by atoms with E-state index in [-0.39, 0.29) is 17.3 Å². The van der Waals surface area contributed by atoms with E-state index in [0.29, 0.717) is 16.5 Å². The van der Waals surface area contributed by atoms with Gasteiger partial charge in [0.2, 0.25) is 0 Å². The van der Waals surface area contributed by atoms with Crippen LogP contribution in [0.2, 0.25) is 10.2 Å². The Morgan fingerprint density at radius 2 is 2.00 bits per heavy atom. The predicted octanol–water partition coefficient (Wildman–Crippen LogP) is 5.75. The van der Waals surface area contributed by atoms with Gasteiger partial charge in [-0.25, -0.2) is 4.98 Å². The number of ether oxygens (including phenoxy) is 1. The van der Waals surface area contributed by atoms with Gasteiger partial charge in [-0.1, -0.05) is 29.3 Å². The third kappa shape index (κ3) is 3.98. The van der Waals surface area contributed by atoms with Crippen molar-refractivity contribution < 1.29 is 9.66 Å². The lowest BCUT2D eigenvalue weighted by Gasteiger charge is -2.10. The van der Waals surface area contributed by atoms with Crippen LogP contribution < -0.4 is 4.74 Å². The zero-order valence-electron chi connectivity index (χ0n) is 13.0. The molecule has 5 nitrogen and oxygen atoms in total. The van der Waals surface area contributed by atoms with Gasteiger partial charge in [0.1, 0.15) is 17.5 Å². The molecule has 0 fully saturated rings. The van der Waals surface area contributed by atoms with E-state index in [1.54, 1.807) is 11.8 Å². The molecule has 0 N–H and O–H groups in total. The summed E-state index contributed by atoms with van der Waals surface area (Å²) in [4.78, 5) is 15.7. The van der Waals surface area contributed by atoms with Gasteiger partial charge < -0.3 is 4.74 Å². The van der Waals surface area contributed by atoms with Gasteiger partial charge in [0, 0.05) is 28.0 Å². The molecule has 0 radical (unpaired) electrons. The average molecular weight is 395 g/mol. The van der Waals surface area contributed by atoms with Crippen molar-refractivity contribution in [3.63, 3.8) is 0 Å². The normalized spacial score (nSPS) is 10.8. The van der Waals surface area contributed by atoms with Gasteiger partial charge in [0.25, 0.3) is 5.69 Å². The molecule has 0 unspecified atom stereocenters. The Morgan fingerprint density at radius 3 is 2.68 bits per heavy atom. The van der Waals surface area contributed by atoms with Gasteiger partial charge in [-0.2, -0.15) is 0 Å². The molecule has 0 spiro atoms. The lowest BCUT2D eigenvalue weighted by molar-refractivity contribution is -0.384. The van der Waals surface area contributed by atoms with Crippen molar-refractivity contribution in [2.24, 2.45) is 0 Å². The first-order valence-corrected chi connectivity index (χ1v) is 9.16. The van der Waals surface area contributed by atoms with Crippen LogP contribution >= 0.6 is 35.0 Å². The van der Waals surface area contributed by atoms with Crippen LogP contribution in [-0.4, -0.2) is 16.2 Å². The number of thioether (sulfide) groups is 1. The number of nitrogens with zero attached hydrogens (tertiary/aromatic N) is 2. The van der Waals surface area contributed by atoms with E-state index in [1.807, 2.05) is 30.5 Å². The Bertz CT molecular complexity index is 966. The number of halogens is 2. The number of rotatable bonds is 5. The molecule has 3 aromatic rings. The van der Waals surface area contributed by atoms with Gasteiger partial charge in [0.15, 0.2) is 0 Å². The SMILES string of the molecule is CSc1ccc2cc(COc3ccc([N+](=O)[O-])cc3Cl)c(Cl)nc2c1. The number of fused-ring (bicyclic) bond motifs is 1. The summed E-state index contributed by atoms with van der Waals surface area (Å²) in [5.74, 6) is 0.348. The van der Waals surface area contributed by atoms with Crippen LogP contribution in [0.5, 0.6) is 5.75 Å². The summed E-state index contributed by atoms with van der Waals surface area (Å²) in [5, 5.41) is 12.2. The highest BCUT2D eigenvalue weighted by Gasteiger charge is 2.12. The largest absolute Gasteiger partial charge is 0.487 e. The molecule has 3 rings (SSSR count). The van der Waals surface area contributed by atoms with Crippen LogP contribution in [0.15, 0.2) is 47.4 Å². The second-order valence-electron chi connectivity index (χ2n) is 5.16. The summed E-state index contributed by atoms with van der Waals surface area (Å²) >= 11 is 13.9. The van der Waals surface area contributed by atoms with Crippen LogP contribution in [0.4, 0.5) is 5.69 Å². The third-order valence-electron chi connectivity index (χ3n) is 3.56. The fourth-order valence-electron chi connectivity index (χ4n) is 2.27. The van der Waals surface area contributed by atoms with Gasteiger partial charge in [-0.05, 0) is 30.5 Å². The second kappa shape index (κ2) is 7.47. The maximum Gasteiger partial charge on any atom is 0.271 e. The van der Waals surface area contributed by atoms with Gasteiger partial charge in [0.05, 0.1) is 15.5 Å². The van der Waals surface area contributed by atoms with Crippen molar-refractivity contribution in [3.8, 4) is 5.75 Å². The number of nitro groups is 1. The Morgan fingerprint density at radius 1 is 1.20 bits per heavy atom. The molecule has 0 amide bonds. The number of benzene rings is 2. The van der Waals surface area contributed by atoms with E-state index in [2.05, 4.69) is 4.98 Å².